The van der Waals surface area contributed by atoms with Gasteiger partial charge >= 0.3 is 0 Å². The van der Waals surface area contributed by atoms with E-state index in [4.69, 9.17) is 5.11 Å². The van der Waals surface area contributed by atoms with E-state index in [0.29, 0.717) is 5.56 Å². The van der Waals surface area contributed by atoms with Gasteiger partial charge < -0.3 is 10.4 Å². The van der Waals surface area contributed by atoms with Crippen LogP contribution in [-0.4, -0.2) is 11.7 Å². The third-order valence-electron chi connectivity index (χ3n) is 2.39. The van der Waals surface area contributed by atoms with Gasteiger partial charge in [0, 0.05) is 24.2 Å². The lowest BCUT2D eigenvalue weighted by atomic mass is 9.96. The first-order chi connectivity index (χ1) is 7.29. The Morgan fingerprint density at radius 1 is 1.38 bits per heavy atom. The predicted molar refractivity (Wildman–Crippen MR) is 63.9 cm³/mol. The van der Waals surface area contributed by atoms with Gasteiger partial charge in [0.1, 0.15) is 11.6 Å². The van der Waals surface area contributed by atoms with Gasteiger partial charge in [0.2, 0.25) is 0 Å². The molecule has 1 aromatic rings. The van der Waals surface area contributed by atoms with Crippen LogP contribution in [0.1, 0.15) is 39.3 Å². The number of nitrogens with one attached hydrogen (secondary N) is 1. The minimum Gasteiger partial charge on any atom is -0.508 e. The summed E-state index contributed by atoms with van der Waals surface area (Å²) in [6.07, 6.45) is 0. The highest BCUT2D eigenvalue weighted by Gasteiger charge is 2.15. The number of aromatic hydroxyl groups is 1. The molecule has 0 saturated carbocycles. The maximum absolute atomic E-state index is 13.5. The largest absolute Gasteiger partial charge is 0.508 e. The summed E-state index contributed by atoms with van der Waals surface area (Å²) in [7, 11) is 0. The Morgan fingerprint density at radius 3 is 2.50 bits per heavy atom. The van der Waals surface area contributed by atoms with E-state index in [1.807, 2.05) is 6.92 Å². The second-order valence-corrected chi connectivity index (χ2v) is 5.37. The molecule has 0 radical (unpaired) electrons. The zero-order chi connectivity index (χ0) is 12.3. The molecule has 0 bridgehead atoms. The van der Waals surface area contributed by atoms with Crippen molar-refractivity contribution < 1.29 is 9.50 Å². The molecule has 1 aromatic carbocycles. The van der Waals surface area contributed by atoms with E-state index in [-0.39, 0.29) is 23.0 Å². The standard InChI is InChI=1S/C13H20FNO/c1-9(15-8-13(2,3)4)11-6-5-10(16)7-12(11)14/h5-7,9,15-16H,8H2,1-4H3. The SMILES string of the molecule is CC(NCC(C)(C)C)c1ccc(O)cc1F. The second kappa shape index (κ2) is 4.83. The van der Waals surface area contributed by atoms with Crippen molar-refractivity contribution in [2.75, 3.05) is 6.54 Å². The maximum Gasteiger partial charge on any atom is 0.131 e. The molecule has 0 aliphatic heterocycles. The number of hydrogen-bond donors (Lipinski definition) is 2. The van der Waals surface area contributed by atoms with Crippen molar-refractivity contribution in [3.63, 3.8) is 0 Å². The summed E-state index contributed by atoms with van der Waals surface area (Å²) in [5.41, 5.74) is 0.754. The molecule has 2 N–H and O–H groups in total. The lowest BCUT2D eigenvalue weighted by Gasteiger charge is -2.23. The molecule has 1 atom stereocenters. The molecular formula is C13H20FNO. The van der Waals surface area contributed by atoms with Crippen molar-refractivity contribution >= 4 is 0 Å². The summed E-state index contributed by atoms with van der Waals surface area (Å²) in [5, 5.41) is 12.4. The van der Waals surface area contributed by atoms with E-state index >= 15 is 0 Å². The summed E-state index contributed by atoms with van der Waals surface area (Å²) in [4.78, 5) is 0. The van der Waals surface area contributed by atoms with Crippen molar-refractivity contribution in [2.24, 2.45) is 5.41 Å². The number of phenols is 1. The maximum atomic E-state index is 13.5. The Balaban J connectivity index is 2.70. The van der Waals surface area contributed by atoms with E-state index in [0.717, 1.165) is 12.6 Å². The molecule has 0 fully saturated rings. The number of hydrogen-bond acceptors (Lipinski definition) is 2. The van der Waals surface area contributed by atoms with Gasteiger partial charge in [-0.05, 0) is 18.4 Å². The Hall–Kier alpha value is -1.09. The van der Waals surface area contributed by atoms with E-state index in [9.17, 15) is 4.39 Å². The average Bonchev–Trinajstić information content (AvgIpc) is 2.13. The van der Waals surface area contributed by atoms with Crippen molar-refractivity contribution in [1.29, 1.82) is 0 Å². The lowest BCUT2D eigenvalue weighted by molar-refractivity contribution is 0.356. The van der Waals surface area contributed by atoms with Crippen molar-refractivity contribution in [3.05, 3.63) is 29.6 Å². The van der Waals surface area contributed by atoms with E-state index in [2.05, 4.69) is 26.1 Å². The molecule has 2 nitrogen and oxygen atoms in total. The summed E-state index contributed by atoms with van der Waals surface area (Å²) in [6.45, 7) is 9.11. The molecule has 90 valence electrons. The molecule has 0 saturated heterocycles. The summed E-state index contributed by atoms with van der Waals surface area (Å²) < 4.78 is 13.5. The van der Waals surface area contributed by atoms with Gasteiger partial charge in [0.25, 0.3) is 0 Å². The minimum absolute atomic E-state index is 0.0377. The molecule has 1 rings (SSSR count). The highest BCUT2D eigenvalue weighted by atomic mass is 19.1. The minimum atomic E-state index is -0.367. The van der Waals surface area contributed by atoms with E-state index in [1.165, 1.54) is 6.07 Å². The second-order valence-electron chi connectivity index (χ2n) is 5.37. The Kier molecular flexibility index (Phi) is 3.92. The number of halogens is 1. The molecule has 0 aliphatic carbocycles. The molecule has 3 heteroatoms. The van der Waals surface area contributed by atoms with E-state index < -0.39 is 0 Å². The number of phenolic OH excluding ortho intramolecular Hbond substituents is 1. The molecule has 0 spiro atoms. The van der Waals surface area contributed by atoms with Crippen LogP contribution >= 0.6 is 0 Å². The molecule has 1 unspecified atom stereocenters. The Morgan fingerprint density at radius 2 is 2.00 bits per heavy atom. The van der Waals surface area contributed by atoms with Crippen molar-refractivity contribution in [3.8, 4) is 5.75 Å². The monoisotopic (exact) mass is 225 g/mol. The summed E-state index contributed by atoms with van der Waals surface area (Å²) >= 11 is 0. The van der Waals surface area contributed by atoms with Crippen LogP contribution < -0.4 is 5.32 Å². The van der Waals surface area contributed by atoms with Crippen LogP contribution in [0.2, 0.25) is 0 Å². The molecule has 16 heavy (non-hydrogen) atoms. The molecule has 0 amide bonds. The smallest absolute Gasteiger partial charge is 0.131 e. The van der Waals surface area contributed by atoms with Crippen LogP contribution in [0.25, 0.3) is 0 Å². The van der Waals surface area contributed by atoms with Gasteiger partial charge in [-0.25, -0.2) is 4.39 Å². The van der Waals surface area contributed by atoms with Crippen molar-refractivity contribution in [1.82, 2.24) is 5.32 Å². The highest BCUT2D eigenvalue weighted by molar-refractivity contribution is 5.29. The van der Waals surface area contributed by atoms with Crippen LogP contribution in [0.15, 0.2) is 18.2 Å². The van der Waals surface area contributed by atoms with Gasteiger partial charge in [-0.2, -0.15) is 0 Å². The van der Waals surface area contributed by atoms with Crippen LogP contribution in [0.3, 0.4) is 0 Å². The van der Waals surface area contributed by atoms with Crippen LogP contribution in [0.4, 0.5) is 4.39 Å². The fraction of sp³-hybridized carbons (Fsp3) is 0.538. The zero-order valence-corrected chi connectivity index (χ0v) is 10.3. The first-order valence-corrected chi connectivity index (χ1v) is 5.51. The van der Waals surface area contributed by atoms with Gasteiger partial charge in [0.05, 0.1) is 0 Å². The topological polar surface area (TPSA) is 32.3 Å². The lowest BCUT2D eigenvalue weighted by Crippen LogP contribution is -2.29. The summed E-state index contributed by atoms with van der Waals surface area (Å²) in [6, 6.07) is 4.21. The van der Waals surface area contributed by atoms with Gasteiger partial charge in [-0.15, -0.1) is 0 Å². The van der Waals surface area contributed by atoms with Crippen molar-refractivity contribution in [2.45, 2.75) is 33.7 Å². The van der Waals surface area contributed by atoms with E-state index in [1.54, 1.807) is 6.07 Å². The quantitative estimate of drug-likeness (QED) is 0.827. The fourth-order valence-electron chi connectivity index (χ4n) is 1.44. The highest BCUT2D eigenvalue weighted by Crippen LogP contribution is 2.22. The van der Waals surface area contributed by atoms with Crippen LogP contribution in [0.5, 0.6) is 5.75 Å². The third kappa shape index (κ3) is 3.81. The number of benzene rings is 1. The molecule has 0 heterocycles. The average molecular weight is 225 g/mol. The van der Waals surface area contributed by atoms with Gasteiger partial charge in [-0.1, -0.05) is 26.8 Å². The number of rotatable bonds is 3. The van der Waals surface area contributed by atoms with Crippen LogP contribution in [-0.2, 0) is 0 Å². The third-order valence-corrected chi connectivity index (χ3v) is 2.39. The van der Waals surface area contributed by atoms with Gasteiger partial charge in [0.15, 0.2) is 0 Å². The first-order valence-electron chi connectivity index (χ1n) is 5.51. The first kappa shape index (κ1) is 13.0. The van der Waals surface area contributed by atoms with Crippen LogP contribution in [0, 0.1) is 11.2 Å². The molecular weight excluding hydrogens is 205 g/mol. The summed E-state index contributed by atoms with van der Waals surface area (Å²) in [5.74, 6) is -0.404. The Labute approximate surface area is 96.5 Å². The predicted octanol–water partition coefficient (Wildman–Crippen LogP) is 3.23. The molecule has 0 aliphatic rings. The normalized spacial score (nSPS) is 13.8. The zero-order valence-electron chi connectivity index (χ0n) is 10.3. The Bertz CT molecular complexity index is 357. The fourth-order valence-corrected chi connectivity index (χ4v) is 1.44. The van der Waals surface area contributed by atoms with Gasteiger partial charge in [-0.3, -0.25) is 0 Å². The molecule has 0 aromatic heterocycles.